The molecule has 0 unspecified atom stereocenters. The molecule has 2 aromatic heterocycles. The number of amides is 1. The third-order valence-electron chi connectivity index (χ3n) is 3.35. The molecule has 4 rings (SSSR count). The first-order valence-corrected chi connectivity index (χ1v) is 7.78. The smallest absolute Gasteiger partial charge is 0.263 e. The van der Waals surface area contributed by atoms with Crippen LogP contribution in [0.3, 0.4) is 0 Å². The number of nitrogens with one attached hydrogen (secondary N) is 1. The lowest BCUT2D eigenvalue weighted by Crippen LogP contribution is -2.21. The summed E-state index contributed by atoms with van der Waals surface area (Å²) in [5, 5.41) is 3.56. The van der Waals surface area contributed by atoms with Crippen LogP contribution in [0.15, 0.2) is 47.2 Å². The summed E-state index contributed by atoms with van der Waals surface area (Å²) in [6.45, 7) is 0.584. The first-order valence-electron chi connectivity index (χ1n) is 6.96. The summed E-state index contributed by atoms with van der Waals surface area (Å²) in [4.78, 5) is 17.0. The van der Waals surface area contributed by atoms with Gasteiger partial charge in [0.1, 0.15) is 15.6 Å². The molecule has 0 atom stereocenters. The number of thiazole rings is 1. The topological polar surface area (TPSA) is 73.6 Å². The molecule has 1 aliphatic rings. The maximum absolute atomic E-state index is 12.1. The second-order valence-corrected chi connectivity index (χ2v) is 5.89. The Morgan fingerprint density at radius 1 is 1.26 bits per heavy atom. The lowest BCUT2D eigenvalue weighted by atomic mass is 10.2. The first-order chi connectivity index (χ1) is 11.3. The predicted octanol–water partition coefficient (Wildman–Crippen LogP) is 3.06. The number of furan rings is 1. The minimum Gasteiger partial charge on any atom is -0.467 e. The summed E-state index contributed by atoms with van der Waals surface area (Å²) in [6.07, 6.45) is 3.15. The summed E-state index contributed by atoms with van der Waals surface area (Å²) >= 11 is 1.33. The van der Waals surface area contributed by atoms with Crippen molar-refractivity contribution in [3.8, 4) is 22.1 Å². The van der Waals surface area contributed by atoms with Gasteiger partial charge in [-0.25, -0.2) is 4.98 Å². The largest absolute Gasteiger partial charge is 0.467 e. The number of rotatable bonds is 4. The predicted molar refractivity (Wildman–Crippen MR) is 83.6 cm³/mol. The van der Waals surface area contributed by atoms with Gasteiger partial charge in [-0.2, -0.15) is 0 Å². The van der Waals surface area contributed by atoms with Crippen LogP contribution in [0.4, 0.5) is 0 Å². The van der Waals surface area contributed by atoms with E-state index in [1.165, 1.54) is 11.3 Å². The Balaban J connectivity index is 1.49. The maximum Gasteiger partial charge on any atom is 0.263 e. The van der Waals surface area contributed by atoms with Gasteiger partial charge >= 0.3 is 0 Å². The normalized spacial score (nSPS) is 12.3. The SMILES string of the molecule is O=C(NCc1ccco1)c1cnc(-c2ccc3c(c2)OCO3)s1. The Labute approximate surface area is 135 Å². The Morgan fingerprint density at radius 2 is 2.17 bits per heavy atom. The fourth-order valence-electron chi connectivity index (χ4n) is 2.21. The lowest BCUT2D eigenvalue weighted by Gasteiger charge is -2.00. The number of hydrogen-bond donors (Lipinski definition) is 1. The fraction of sp³-hybridized carbons (Fsp3) is 0.125. The van der Waals surface area contributed by atoms with Gasteiger partial charge in [0.15, 0.2) is 11.5 Å². The van der Waals surface area contributed by atoms with Gasteiger partial charge in [-0.1, -0.05) is 0 Å². The standard InChI is InChI=1S/C16H12N2O4S/c19-15(17-7-11-2-1-5-20-11)14-8-18-16(23-14)10-3-4-12-13(6-10)22-9-21-12/h1-6,8H,7,9H2,(H,17,19). The van der Waals surface area contributed by atoms with Gasteiger partial charge in [0.25, 0.3) is 5.91 Å². The quantitative estimate of drug-likeness (QED) is 0.797. The monoisotopic (exact) mass is 328 g/mol. The van der Waals surface area contributed by atoms with Gasteiger partial charge in [0.05, 0.1) is 19.0 Å². The third kappa shape index (κ3) is 2.78. The minimum absolute atomic E-state index is 0.175. The number of fused-ring (bicyclic) bond motifs is 1. The molecule has 116 valence electrons. The van der Waals surface area contributed by atoms with Gasteiger partial charge in [-0.15, -0.1) is 11.3 Å². The maximum atomic E-state index is 12.1. The number of ether oxygens (including phenoxy) is 2. The summed E-state index contributed by atoms with van der Waals surface area (Å²) < 4.78 is 15.8. The second kappa shape index (κ2) is 5.77. The van der Waals surface area contributed by atoms with E-state index in [-0.39, 0.29) is 12.7 Å². The van der Waals surface area contributed by atoms with Crippen LogP contribution in [0.1, 0.15) is 15.4 Å². The average Bonchev–Trinajstić information content (AvgIpc) is 3.32. The lowest BCUT2D eigenvalue weighted by molar-refractivity contribution is 0.0952. The van der Waals surface area contributed by atoms with E-state index in [2.05, 4.69) is 10.3 Å². The number of aromatic nitrogens is 1. The molecular weight excluding hydrogens is 316 g/mol. The number of benzene rings is 1. The van der Waals surface area contributed by atoms with E-state index >= 15 is 0 Å². The molecule has 0 aliphatic carbocycles. The molecule has 1 aromatic carbocycles. The van der Waals surface area contributed by atoms with E-state index in [1.54, 1.807) is 18.5 Å². The van der Waals surface area contributed by atoms with Crippen molar-refractivity contribution in [3.05, 3.63) is 53.4 Å². The molecule has 0 bridgehead atoms. The third-order valence-corrected chi connectivity index (χ3v) is 4.40. The highest BCUT2D eigenvalue weighted by atomic mass is 32.1. The highest BCUT2D eigenvalue weighted by Crippen LogP contribution is 2.36. The van der Waals surface area contributed by atoms with Crippen LogP contribution in [0, 0.1) is 0 Å². The van der Waals surface area contributed by atoms with Crippen molar-refractivity contribution in [1.29, 1.82) is 0 Å². The van der Waals surface area contributed by atoms with E-state index < -0.39 is 0 Å². The highest BCUT2D eigenvalue weighted by Gasteiger charge is 2.16. The molecule has 1 N–H and O–H groups in total. The van der Waals surface area contributed by atoms with E-state index in [9.17, 15) is 4.79 Å². The van der Waals surface area contributed by atoms with E-state index in [0.29, 0.717) is 22.9 Å². The van der Waals surface area contributed by atoms with Crippen molar-refractivity contribution >= 4 is 17.2 Å². The molecule has 0 radical (unpaired) electrons. The van der Waals surface area contributed by atoms with Crippen LogP contribution in [0.5, 0.6) is 11.5 Å². The Morgan fingerprint density at radius 3 is 3.04 bits per heavy atom. The number of hydrogen-bond acceptors (Lipinski definition) is 6. The first kappa shape index (κ1) is 13.8. The molecule has 23 heavy (non-hydrogen) atoms. The van der Waals surface area contributed by atoms with Crippen LogP contribution in [-0.4, -0.2) is 17.7 Å². The van der Waals surface area contributed by atoms with Crippen molar-refractivity contribution in [2.75, 3.05) is 6.79 Å². The highest BCUT2D eigenvalue weighted by molar-refractivity contribution is 7.16. The summed E-state index contributed by atoms with van der Waals surface area (Å²) in [5.74, 6) is 1.95. The van der Waals surface area contributed by atoms with E-state index in [4.69, 9.17) is 13.9 Å². The van der Waals surface area contributed by atoms with Crippen molar-refractivity contribution in [2.45, 2.75) is 6.54 Å². The molecular formula is C16H12N2O4S. The Bertz CT molecular complexity index is 842. The van der Waals surface area contributed by atoms with Crippen LogP contribution in [0.25, 0.3) is 10.6 Å². The Kier molecular flexibility index (Phi) is 3.47. The Hall–Kier alpha value is -2.80. The molecule has 7 heteroatoms. The summed E-state index contributed by atoms with van der Waals surface area (Å²) in [5.41, 5.74) is 0.893. The molecule has 3 heterocycles. The summed E-state index contributed by atoms with van der Waals surface area (Å²) in [6, 6.07) is 9.20. The molecule has 0 saturated heterocycles. The van der Waals surface area contributed by atoms with Gasteiger partial charge in [-0.3, -0.25) is 4.79 Å². The molecule has 1 aliphatic heterocycles. The van der Waals surface area contributed by atoms with Crippen LogP contribution < -0.4 is 14.8 Å². The molecule has 1 amide bonds. The zero-order valence-electron chi connectivity index (χ0n) is 11.9. The second-order valence-electron chi connectivity index (χ2n) is 4.86. The van der Waals surface area contributed by atoms with Crippen molar-refractivity contribution in [2.24, 2.45) is 0 Å². The van der Waals surface area contributed by atoms with Gasteiger partial charge < -0.3 is 19.2 Å². The van der Waals surface area contributed by atoms with Crippen LogP contribution in [0.2, 0.25) is 0 Å². The van der Waals surface area contributed by atoms with Gasteiger partial charge in [0, 0.05) is 5.56 Å². The molecule has 3 aromatic rings. The van der Waals surface area contributed by atoms with Crippen molar-refractivity contribution in [3.63, 3.8) is 0 Å². The van der Waals surface area contributed by atoms with E-state index in [1.807, 2.05) is 24.3 Å². The van der Waals surface area contributed by atoms with Gasteiger partial charge in [0.2, 0.25) is 6.79 Å². The molecule has 0 spiro atoms. The fourth-order valence-corrected chi connectivity index (χ4v) is 3.04. The van der Waals surface area contributed by atoms with E-state index in [0.717, 1.165) is 16.3 Å². The van der Waals surface area contributed by atoms with Crippen molar-refractivity contribution < 1.29 is 18.7 Å². The number of nitrogens with zero attached hydrogens (tertiary/aromatic N) is 1. The molecule has 0 saturated carbocycles. The van der Waals surface area contributed by atoms with Crippen molar-refractivity contribution in [1.82, 2.24) is 10.3 Å². The molecule has 6 nitrogen and oxygen atoms in total. The number of carbonyl (C=O) groups excluding carboxylic acids is 1. The molecule has 0 fully saturated rings. The zero-order valence-corrected chi connectivity index (χ0v) is 12.8. The minimum atomic E-state index is -0.175. The zero-order chi connectivity index (χ0) is 15.6. The van der Waals surface area contributed by atoms with Gasteiger partial charge in [-0.05, 0) is 30.3 Å². The summed E-state index contributed by atoms with van der Waals surface area (Å²) in [7, 11) is 0. The average molecular weight is 328 g/mol. The van der Waals surface area contributed by atoms with Crippen LogP contribution in [-0.2, 0) is 6.54 Å². The number of carbonyl (C=O) groups is 1. The van der Waals surface area contributed by atoms with Crippen LogP contribution >= 0.6 is 11.3 Å².